The van der Waals surface area contributed by atoms with Crippen LogP contribution in [-0.4, -0.2) is 45.0 Å². The number of pyridine rings is 2. The topological polar surface area (TPSA) is 84.5 Å². The third kappa shape index (κ3) is 5.16. The third-order valence-electron chi connectivity index (χ3n) is 10.2. The number of aliphatic hydroxyl groups excluding tert-OH is 1. The van der Waals surface area contributed by atoms with Crippen LogP contribution in [0.15, 0.2) is 47.4 Å². The number of fused-ring (bicyclic) bond motifs is 4. The van der Waals surface area contributed by atoms with Crippen LogP contribution < -0.4 is 4.90 Å². The summed E-state index contributed by atoms with van der Waals surface area (Å²) < 4.78 is 12.7. The summed E-state index contributed by atoms with van der Waals surface area (Å²) in [5, 5.41) is 17.6. The summed E-state index contributed by atoms with van der Waals surface area (Å²) >= 11 is 13.0. The zero-order valence-corrected chi connectivity index (χ0v) is 26.0. The number of ether oxygens (including phenoxy) is 1. The number of aromatic nitrogens is 3. The van der Waals surface area contributed by atoms with Gasteiger partial charge in [0, 0.05) is 65.1 Å². The lowest BCUT2D eigenvalue weighted by Crippen LogP contribution is -2.47. The zero-order valence-electron chi connectivity index (χ0n) is 24.5. The highest BCUT2D eigenvalue weighted by Crippen LogP contribution is 2.54. The van der Waals surface area contributed by atoms with Gasteiger partial charge in [-0.05, 0) is 81.4 Å². The van der Waals surface area contributed by atoms with Gasteiger partial charge in [0.1, 0.15) is 17.3 Å². The van der Waals surface area contributed by atoms with Crippen molar-refractivity contribution in [1.82, 2.24) is 15.1 Å². The van der Waals surface area contributed by atoms with Gasteiger partial charge >= 0.3 is 0 Å². The first kappa shape index (κ1) is 28.3. The predicted molar refractivity (Wildman–Crippen MR) is 171 cm³/mol. The van der Waals surface area contributed by atoms with Crippen molar-refractivity contribution in [3.63, 3.8) is 0 Å². The molecule has 1 atom stereocenters. The first-order valence-electron chi connectivity index (χ1n) is 15.7. The quantitative estimate of drug-likeness (QED) is 0.219. The Labute approximate surface area is 266 Å². The average Bonchev–Trinajstić information content (AvgIpc) is 3.67. The number of hydrogen-bond acceptors (Lipinski definition) is 7. The summed E-state index contributed by atoms with van der Waals surface area (Å²) in [7, 11) is 0. The lowest BCUT2D eigenvalue weighted by atomic mass is 9.59. The maximum atomic E-state index is 10.1. The Bertz CT molecular complexity index is 1760. The van der Waals surface area contributed by atoms with Crippen LogP contribution in [-0.2, 0) is 11.3 Å². The molecule has 1 unspecified atom stereocenters. The summed E-state index contributed by atoms with van der Waals surface area (Å²) in [6.07, 6.45) is 13.8. The van der Waals surface area contributed by atoms with Crippen LogP contribution in [0.5, 0.6) is 0 Å². The van der Waals surface area contributed by atoms with Crippen LogP contribution in [0.1, 0.15) is 80.6 Å². The predicted octanol–water partition coefficient (Wildman–Crippen LogP) is 7.70. The SMILES string of the molecule is OC1CCN(c2nccc3ccc(C#CC45CCC(OCc6c(-c7c(Cl)cncc7Cl)noc6C6CC6)(CC4)CC5)cc23)C1. The van der Waals surface area contributed by atoms with Crippen molar-refractivity contribution in [1.29, 1.82) is 0 Å². The molecule has 1 aromatic carbocycles. The summed E-state index contributed by atoms with van der Waals surface area (Å²) in [5.74, 6) is 9.49. The van der Waals surface area contributed by atoms with Crippen LogP contribution >= 0.6 is 23.2 Å². The second-order valence-corrected chi connectivity index (χ2v) is 13.9. The number of aliphatic hydroxyl groups is 1. The van der Waals surface area contributed by atoms with Gasteiger partial charge in [-0.25, -0.2) is 4.98 Å². The van der Waals surface area contributed by atoms with Crippen LogP contribution in [0, 0.1) is 17.3 Å². The molecule has 7 nitrogen and oxygen atoms in total. The van der Waals surface area contributed by atoms with Gasteiger partial charge in [0.05, 0.1) is 28.4 Å². The molecular weight excluding hydrogens is 595 g/mol. The summed E-state index contributed by atoms with van der Waals surface area (Å²) in [6, 6.07) is 8.46. The smallest absolute Gasteiger partial charge is 0.145 e. The second-order valence-electron chi connectivity index (χ2n) is 13.1. The van der Waals surface area contributed by atoms with Crippen LogP contribution in [0.2, 0.25) is 10.0 Å². The number of rotatable bonds is 6. The van der Waals surface area contributed by atoms with Crippen LogP contribution in [0.3, 0.4) is 0 Å². The molecule has 5 fully saturated rings. The van der Waals surface area contributed by atoms with E-state index < -0.39 is 0 Å². The summed E-state index contributed by atoms with van der Waals surface area (Å²) in [5.41, 5.74) is 3.17. The summed E-state index contributed by atoms with van der Waals surface area (Å²) in [4.78, 5) is 11.0. The zero-order chi connectivity index (χ0) is 29.9. The van der Waals surface area contributed by atoms with E-state index >= 15 is 0 Å². The molecule has 9 rings (SSSR count). The van der Waals surface area contributed by atoms with Crippen molar-refractivity contribution in [3.8, 4) is 23.1 Å². The van der Waals surface area contributed by atoms with Crippen molar-refractivity contribution < 1.29 is 14.4 Å². The fourth-order valence-electron chi connectivity index (χ4n) is 7.36. The maximum absolute atomic E-state index is 10.1. The lowest BCUT2D eigenvalue weighted by Gasteiger charge is -2.51. The van der Waals surface area contributed by atoms with E-state index in [1.807, 2.05) is 12.3 Å². The monoisotopic (exact) mass is 628 g/mol. The second kappa shape index (κ2) is 11.0. The highest BCUT2D eigenvalue weighted by molar-refractivity contribution is 6.38. The molecule has 1 N–H and O–H groups in total. The van der Waals surface area contributed by atoms with E-state index in [2.05, 4.69) is 50.1 Å². The molecule has 226 valence electrons. The molecule has 1 saturated heterocycles. The molecule has 3 aromatic heterocycles. The number of β-amino-alcohol motifs (C(OH)–C–C–N with tert-alkyl or cyclic N) is 1. The molecule has 44 heavy (non-hydrogen) atoms. The van der Waals surface area contributed by atoms with Gasteiger partial charge in [-0.3, -0.25) is 4.98 Å². The Morgan fingerprint density at radius 3 is 2.50 bits per heavy atom. The standard InChI is InChI=1S/C35H34Cl2N4O3/c36-28-18-38-19-29(37)30(28)31-27(32(44-40-31)24-3-4-24)21-43-35-12-9-34(10-13-35,11-14-35)8-5-22-1-2-23-6-15-39-33(26(23)17-22)41-16-7-25(42)20-41/h1-2,6,15,17-19,24-25,42H,3-4,7,9-14,16,20-21H2. The Balaban J connectivity index is 0.990. The molecule has 4 aromatic rings. The van der Waals surface area contributed by atoms with Gasteiger partial charge in [-0.1, -0.05) is 46.3 Å². The Morgan fingerprint density at radius 1 is 1.02 bits per heavy atom. The number of nitrogens with zero attached hydrogens (tertiary/aromatic N) is 4. The minimum Gasteiger partial charge on any atom is -0.391 e. The van der Waals surface area contributed by atoms with E-state index in [9.17, 15) is 5.11 Å². The van der Waals surface area contributed by atoms with Gasteiger partial charge in [-0.2, -0.15) is 0 Å². The van der Waals surface area contributed by atoms with Gasteiger partial charge in [0.25, 0.3) is 0 Å². The Hall–Kier alpha value is -3.15. The largest absolute Gasteiger partial charge is 0.391 e. The highest BCUT2D eigenvalue weighted by Gasteiger charge is 2.49. The third-order valence-corrected chi connectivity index (χ3v) is 10.8. The van der Waals surface area contributed by atoms with Gasteiger partial charge in [0.2, 0.25) is 0 Å². The van der Waals surface area contributed by atoms with Crippen LogP contribution in [0.4, 0.5) is 5.82 Å². The molecule has 9 heteroatoms. The van der Waals surface area contributed by atoms with Crippen molar-refractivity contribution >= 4 is 39.8 Å². The van der Waals surface area contributed by atoms with E-state index in [1.165, 1.54) is 0 Å². The van der Waals surface area contributed by atoms with E-state index in [0.29, 0.717) is 40.4 Å². The number of benzene rings is 1. The fraction of sp³-hybridized carbons (Fsp3) is 0.457. The van der Waals surface area contributed by atoms with Gasteiger partial charge in [-0.15, -0.1) is 0 Å². The Kier molecular flexibility index (Phi) is 7.10. The van der Waals surface area contributed by atoms with Crippen molar-refractivity contribution in [2.24, 2.45) is 5.41 Å². The summed E-state index contributed by atoms with van der Waals surface area (Å²) in [6.45, 7) is 1.88. The molecule has 2 bridgehead atoms. The van der Waals surface area contributed by atoms with E-state index in [-0.39, 0.29) is 17.1 Å². The molecule has 4 heterocycles. The minimum absolute atomic E-state index is 0.0243. The molecular formula is C35H34Cl2N4O3. The van der Waals surface area contributed by atoms with Crippen molar-refractivity contribution in [3.05, 3.63) is 69.8 Å². The number of hydrogen-bond donors (Lipinski definition) is 1. The van der Waals surface area contributed by atoms with E-state index in [0.717, 1.165) is 97.8 Å². The van der Waals surface area contributed by atoms with Crippen LogP contribution in [0.25, 0.3) is 22.0 Å². The normalized spacial score (nSPS) is 26.2. The minimum atomic E-state index is -0.292. The van der Waals surface area contributed by atoms with Crippen molar-refractivity contribution in [2.45, 2.75) is 82.0 Å². The lowest BCUT2D eigenvalue weighted by molar-refractivity contribution is -0.131. The number of anilines is 1. The Morgan fingerprint density at radius 2 is 1.80 bits per heavy atom. The van der Waals surface area contributed by atoms with Crippen molar-refractivity contribution in [2.75, 3.05) is 18.0 Å². The average molecular weight is 630 g/mol. The molecule has 0 amide bonds. The maximum Gasteiger partial charge on any atom is 0.145 e. The van der Waals surface area contributed by atoms with Gasteiger partial charge in [0.15, 0.2) is 0 Å². The van der Waals surface area contributed by atoms with E-state index in [4.69, 9.17) is 32.5 Å². The molecule has 0 radical (unpaired) electrons. The van der Waals surface area contributed by atoms with E-state index in [1.54, 1.807) is 12.4 Å². The molecule has 4 saturated carbocycles. The number of halogens is 2. The highest BCUT2D eigenvalue weighted by atomic mass is 35.5. The molecule has 4 aliphatic carbocycles. The van der Waals surface area contributed by atoms with Gasteiger partial charge < -0.3 is 19.3 Å². The molecule has 5 aliphatic rings. The molecule has 0 spiro atoms. The first-order valence-corrected chi connectivity index (χ1v) is 16.4. The molecule has 1 aliphatic heterocycles. The first-order chi connectivity index (χ1) is 21.4. The fourth-order valence-corrected chi connectivity index (χ4v) is 7.91.